The number of aromatic amines is 1. The molecule has 0 aliphatic rings. The number of carbonyl (C=O) groups is 1. The molecule has 6 nitrogen and oxygen atoms in total. The molecule has 21 heavy (non-hydrogen) atoms. The highest BCUT2D eigenvalue weighted by Gasteiger charge is 2.16. The summed E-state index contributed by atoms with van der Waals surface area (Å²) in [5, 5.41) is 9.52. The van der Waals surface area contributed by atoms with Crippen LogP contribution in [-0.4, -0.2) is 30.3 Å². The van der Waals surface area contributed by atoms with E-state index in [0.717, 1.165) is 5.69 Å². The molecule has 2 aromatic rings. The Morgan fingerprint density at radius 3 is 2.57 bits per heavy atom. The van der Waals surface area contributed by atoms with E-state index in [1.165, 1.54) is 24.3 Å². The van der Waals surface area contributed by atoms with Gasteiger partial charge in [0.25, 0.3) is 0 Å². The Morgan fingerprint density at radius 1 is 1.33 bits per heavy atom. The number of benzene rings is 1. The van der Waals surface area contributed by atoms with Gasteiger partial charge in [-0.25, -0.2) is 8.42 Å². The van der Waals surface area contributed by atoms with Crippen LogP contribution in [0.2, 0.25) is 5.02 Å². The first-order chi connectivity index (χ1) is 9.87. The van der Waals surface area contributed by atoms with Gasteiger partial charge in [0.1, 0.15) is 0 Å². The number of nitrogens with zero attached hydrogens (tertiary/aromatic N) is 1. The molecular formula is C13H14ClN3O3S. The minimum Gasteiger partial charge on any atom is -0.309 e. The number of hydrogen-bond acceptors (Lipinski definition) is 4. The monoisotopic (exact) mass is 327 g/mol. The molecule has 1 aromatic carbocycles. The summed E-state index contributed by atoms with van der Waals surface area (Å²) < 4.78 is 24.1. The Hall–Kier alpha value is -1.86. The van der Waals surface area contributed by atoms with Crippen LogP contribution in [0, 0.1) is 6.92 Å². The Balaban J connectivity index is 1.95. The van der Waals surface area contributed by atoms with Gasteiger partial charge in [0, 0.05) is 23.2 Å². The van der Waals surface area contributed by atoms with Gasteiger partial charge in [-0.1, -0.05) is 11.6 Å². The van der Waals surface area contributed by atoms with Crippen LogP contribution in [0.4, 0.5) is 5.82 Å². The highest BCUT2D eigenvalue weighted by atomic mass is 35.5. The standard InChI is InChI=1S/C13H14ClN3O3S/c1-9-8-12(17-16-9)15-13(18)6-7-21(19,20)11-4-2-10(14)3-5-11/h2-5,8H,6-7H2,1H3,(H2,15,16,17,18). The van der Waals surface area contributed by atoms with Crippen molar-refractivity contribution in [2.75, 3.05) is 11.1 Å². The summed E-state index contributed by atoms with van der Waals surface area (Å²) in [6.07, 6.45) is -0.142. The molecule has 0 atom stereocenters. The van der Waals surface area contributed by atoms with Crippen molar-refractivity contribution in [2.45, 2.75) is 18.2 Å². The molecule has 112 valence electrons. The highest BCUT2D eigenvalue weighted by Crippen LogP contribution is 2.16. The molecule has 0 aliphatic heterocycles. The Bertz CT molecular complexity index is 738. The van der Waals surface area contributed by atoms with Crippen molar-refractivity contribution in [2.24, 2.45) is 0 Å². The van der Waals surface area contributed by atoms with E-state index in [1.54, 1.807) is 13.0 Å². The van der Waals surface area contributed by atoms with Gasteiger partial charge >= 0.3 is 0 Å². The second-order valence-corrected chi connectivity index (χ2v) is 7.05. The van der Waals surface area contributed by atoms with Gasteiger partial charge < -0.3 is 5.32 Å². The molecule has 0 saturated heterocycles. The van der Waals surface area contributed by atoms with Crippen molar-refractivity contribution in [1.29, 1.82) is 0 Å². The number of hydrogen-bond donors (Lipinski definition) is 2. The summed E-state index contributed by atoms with van der Waals surface area (Å²) in [6.45, 7) is 1.80. The number of aryl methyl sites for hydroxylation is 1. The minimum atomic E-state index is -3.51. The van der Waals surface area contributed by atoms with Gasteiger partial charge in [0.15, 0.2) is 15.7 Å². The van der Waals surface area contributed by atoms with Crippen LogP contribution in [-0.2, 0) is 14.6 Å². The van der Waals surface area contributed by atoms with Crippen LogP contribution in [0.15, 0.2) is 35.2 Å². The van der Waals surface area contributed by atoms with Gasteiger partial charge in [-0.2, -0.15) is 5.10 Å². The van der Waals surface area contributed by atoms with Gasteiger partial charge in [0.2, 0.25) is 5.91 Å². The van der Waals surface area contributed by atoms with Crippen LogP contribution in [0.5, 0.6) is 0 Å². The molecule has 1 amide bonds. The maximum atomic E-state index is 12.1. The van der Waals surface area contributed by atoms with Crippen molar-refractivity contribution in [3.63, 3.8) is 0 Å². The predicted molar refractivity (Wildman–Crippen MR) is 80.1 cm³/mol. The molecule has 2 rings (SSSR count). The van der Waals surface area contributed by atoms with Crippen molar-refractivity contribution in [3.8, 4) is 0 Å². The first kappa shape index (κ1) is 15.5. The highest BCUT2D eigenvalue weighted by molar-refractivity contribution is 7.91. The van der Waals surface area contributed by atoms with Crippen molar-refractivity contribution in [1.82, 2.24) is 10.2 Å². The zero-order valence-corrected chi connectivity index (χ0v) is 12.8. The third-order valence-corrected chi connectivity index (χ3v) is 4.73. The second-order valence-electron chi connectivity index (χ2n) is 4.51. The summed E-state index contributed by atoms with van der Waals surface area (Å²) in [7, 11) is -3.51. The second kappa shape index (κ2) is 6.28. The number of halogens is 1. The lowest BCUT2D eigenvalue weighted by Gasteiger charge is -2.05. The molecule has 2 N–H and O–H groups in total. The average Bonchev–Trinajstić information content (AvgIpc) is 2.82. The predicted octanol–water partition coefficient (Wildman–Crippen LogP) is 2.17. The smallest absolute Gasteiger partial charge is 0.226 e. The van der Waals surface area contributed by atoms with E-state index >= 15 is 0 Å². The van der Waals surface area contributed by atoms with E-state index in [2.05, 4.69) is 15.5 Å². The summed E-state index contributed by atoms with van der Waals surface area (Å²) in [5.41, 5.74) is 0.805. The van der Waals surface area contributed by atoms with E-state index in [1.807, 2.05) is 0 Å². The number of sulfone groups is 1. The number of anilines is 1. The zero-order valence-electron chi connectivity index (χ0n) is 11.3. The fourth-order valence-electron chi connectivity index (χ4n) is 1.67. The quantitative estimate of drug-likeness (QED) is 0.880. The number of carbonyl (C=O) groups excluding carboxylic acids is 1. The number of rotatable bonds is 5. The fraction of sp³-hybridized carbons (Fsp3) is 0.231. The van der Waals surface area contributed by atoms with E-state index in [0.29, 0.717) is 10.8 Å². The molecule has 8 heteroatoms. The van der Waals surface area contributed by atoms with Crippen LogP contribution in [0.3, 0.4) is 0 Å². The van der Waals surface area contributed by atoms with Crippen molar-refractivity contribution < 1.29 is 13.2 Å². The van der Waals surface area contributed by atoms with Crippen LogP contribution < -0.4 is 5.32 Å². The fourth-order valence-corrected chi connectivity index (χ4v) is 3.04. The van der Waals surface area contributed by atoms with Gasteiger partial charge in [-0.3, -0.25) is 9.89 Å². The summed E-state index contributed by atoms with van der Waals surface area (Å²) >= 11 is 5.71. The maximum absolute atomic E-state index is 12.1. The largest absolute Gasteiger partial charge is 0.309 e. The first-order valence-electron chi connectivity index (χ1n) is 6.17. The number of H-pyrrole nitrogens is 1. The molecular weight excluding hydrogens is 314 g/mol. The molecule has 0 fully saturated rings. The topological polar surface area (TPSA) is 91.9 Å². The van der Waals surface area contributed by atoms with Crippen molar-refractivity contribution >= 4 is 33.2 Å². The molecule has 1 heterocycles. The molecule has 1 aromatic heterocycles. The lowest BCUT2D eigenvalue weighted by Crippen LogP contribution is -2.17. The Labute approximate surface area is 127 Å². The lowest BCUT2D eigenvalue weighted by atomic mass is 10.4. The summed E-state index contributed by atoms with van der Waals surface area (Å²) in [6, 6.07) is 7.51. The molecule has 0 spiro atoms. The zero-order chi connectivity index (χ0) is 15.5. The molecule has 0 saturated carbocycles. The molecule has 0 unspecified atom stereocenters. The molecule has 0 radical (unpaired) electrons. The van der Waals surface area contributed by atoms with E-state index in [-0.39, 0.29) is 17.1 Å². The molecule has 0 bridgehead atoms. The number of amides is 1. The number of nitrogens with one attached hydrogen (secondary N) is 2. The number of aromatic nitrogens is 2. The van der Waals surface area contributed by atoms with Gasteiger partial charge in [0.05, 0.1) is 10.6 Å². The van der Waals surface area contributed by atoms with E-state index in [9.17, 15) is 13.2 Å². The van der Waals surface area contributed by atoms with Gasteiger partial charge in [-0.05, 0) is 31.2 Å². The van der Waals surface area contributed by atoms with Gasteiger partial charge in [-0.15, -0.1) is 0 Å². The normalized spacial score (nSPS) is 11.3. The average molecular weight is 328 g/mol. The molecule has 0 aliphatic carbocycles. The van der Waals surface area contributed by atoms with E-state index in [4.69, 9.17) is 11.6 Å². The third-order valence-electron chi connectivity index (χ3n) is 2.74. The van der Waals surface area contributed by atoms with Crippen molar-refractivity contribution in [3.05, 3.63) is 41.0 Å². The first-order valence-corrected chi connectivity index (χ1v) is 8.20. The SMILES string of the molecule is Cc1cc(NC(=O)CCS(=O)(=O)c2ccc(Cl)cc2)n[nH]1. The third kappa shape index (κ3) is 4.30. The van der Waals surface area contributed by atoms with E-state index < -0.39 is 15.7 Å². The minimum absolute atomic E-state index is 0.142. The lowest BCUT2D eigenvalue weighted by molar-refractivity contribution is -0.115. The van der Waals surface area contributed by atoms with Crippen LogP contribution in [0.1, 0.15) is 12.1 Å². The van der Waals surface area contributed by atoms with Crippen LogP contribution >= 0.6 is 11.6 Å². The summed E-state index contributed by atoms with van der Waals surface area (Å²) in [4.78, 5) is 11.9. The maximum Gasteiger partial charge on any atom is 0.226 e. The summed E-state index contributed by atoms with van der Waals surface area (Å²) in [5.74, 6) is -0.301. The van der Waals surface area contributed by atoms with Crippen LogP contribution in [0.25, 0.3) is 0 Å². The Kier molecular flexibility index (Phi) is 4.64. The Morgan fingerprint density at radius 2 is 2.00 bits per heavy atom.